The predicted octanol–water partition coefficient (Wildman–Crippen LogP) is 4.89. The van der Waals surface area contributed by atoms with Crippen molar-refractivity contribution in [2.45, 2.75) is 19.8 Å². The molecule has 2 aromatic rings. The minimum absolute atomic E-state index is 0.0648. The van der Waals surface area contributed by atoms with Crippen LogP contribution in [-0.4, -0.2) is 5.91 Å². The van der Waals surface area contributed by atoms with E-state index in [4.69, 9.17) is 0 Å². The number of hydrogen-bond acceptors (Lipinski definition) is 2. The fraction of sp³-hybridized carbons (Fsp3) is 0.214. The number of para-hydroxylation sites is 1. The van der Waals surface area contributed by atoms with Gasteiger partial charge in [0.05, 0.1) is 9.35 Å². The number of hydrogen-bond donors (Lipinski definition) is 1. The Morgan fingerprint density at radius 2 is 2.06 bits per heavy atom. The number of carbonyl (C=O) groups is 1. The van der Waals surface area contributed by atoms with Gasteiger partial charge >= 0.3 is 0 Å². The fourth-order valence-electron chi connectivity index (χ4n) is 1.74. The average molecular weight is 324 g/mol. The number of halogens is 1. The Hall–Kier alpha value is -1.13. The van der Waals surface area contributed by atoms with Crippen LogP contribution < -0.4 is 5.32 Å². The molecule has 1 amide bonds. The third-order valence-corrected chi connectivity index (χ3v) is 4.17. The molecule has 0 spiro atoms. The molecular formula is C14H14BrNOS. The van der Waals surface area contributed by atoms with Crippen LogP contribution in [0, 0.1) is 0 Å². The lowest BCUT2D eigenvalue weighted by atomic mass is 10.0. The van der Waals surface area contributed by atoms with Gasteiger partial charge in [0.1, 0.15) is 0 Å². The van der Waals surface area contributed by atoms with Crippen LogP contribution >= 0.6 is 27.3 Å². The van der Waals surface area contributed by atoms with Crippen molar-refractivity contribution in [1.29, 1.82) is 0 Å². The number of thiophene rings is 1. The third-order valence-electron chi connectivity index (χ3n) is 2.66. The van der Waals surface area contributed by atoms with Gasteiger partial charge in [-0.3, -0.25) is 4.79 Å². The second-order valence-corrected chi connectivity index (χ2v) is 6.63. The summed E-state index contributed by atoms with van der Waals surface area (Å²) < 4.78 is 0.963. The van der Waals surface area contributed by atoms with Crippen LogP contribution in [0.5, 0.6) is 0 Å². The smallest absolute Gasteiger partial charge is 0.256 e. The summed E-state index contributed by atoms with van der Waals surface area (Å²) in [6.07, 6.45) is 0. The van der Waals surface area contributed by atoms with Crippen molar-refractivity contribution < 1.29 is 4.79 Å². The maximum atomic E-state index is 12.1. The molecule has 4 heteroatoms. The van der Waals surface area contributed by atoms with Gasteiger partial charge in [-0.05, 0) is 39.5 Å². The van der Waals surface area contributed by atoms with Gasteiger partial charge in [0, 0.05) is 11.1 Å². The Bertz CT molecular complexity index is 562. The van der Waals surface area contributed by atoms with Crippen molar-refractivity contribution in [3.8, 4) is 0 Å². The van der Waals surface area contributed by atoms with Gasteiger partial charge in [0.15, 0.2) is 0 Å². The zero-order valence-corrected chi connectivity index (χ0v) is 12.6. The van der Waals surface area contributed by atoms with Crippen LogP contribution in [0.2, 0.25) is 0 Å². The summed E-state index contributed by atoms with van der Waals surface area (Å²) in [4.78, 5) is 12.1. The first kappa shape index (κ1) is 13.3. The van der Waals surface area contributed by atoms with Crippen LogP contribution in [0.1, 0.15) is 35.7 Å². The summed E-state index contributed by atoms with van der Waals surface area (Å²) >= 11 is 4.87. The summed E-state index contributed by atoms with van der Waals surface area (Å²) in [5.41, 5.74) is 2.73. The van der Waals surface area contributed by atoms with E-state index in [2.05, 4.69) is 35.1 Å². The number of nitrogens with one attached hydrogen (secondary N) is 1. The van der Waals surface area contributed by atoms with Crippen LogP contribution in [0.15, 0.2) is 39.5 Å². The standard InChI is InChI=1S/C14H14BrNOS/c1-9(2)11-5-3-4-6-12(11)16-14(17)10-7-13(15)18-8-10/h3-9H,1-2H3,(H,16,17). The number of benzene rings is 1. The lowest BCUT2D eigenvalue weighted by molar-refractivity contribution is 0.102. The maximum absolute atomic E-state index is 12.1. The molecule has 0 aliphatic rings. The topological polar surface area (TPSA) is 29.1 Å². The van der Waals surface area contributed by atoms with E-state index in [0.29, 0.717) is 11.5 Å². The first-order valence-electron chi connectivity index (χ1n) is 5.72. The number of amides is 1. The van der Waals surface area contributed by atoms with E-state index in [1.807, 2.05) is 35.7 Å². The second-order valence-electron chi connectivity index (χ2n) is 4.34. The Balaban J connectivity index is 2.22. The molecule has 0 saturated carbocycles. The molecule has 0 aliphatic carbocycles. The highest BCUT2D eigenvalue weighted by molar-refractivity contribution is 9.11. The molecule has 1 N–H and O–H groups in total. The van der Waals surface area contributed by atoms with Crippen molar-refractivity contribution in [3.05, 3.63) is 50.6 Å². The van der Waals surface area contributed by atoms with E-state index >= 15 is 0 Å². The van der Waals surface area contributed by atoms with Gasteiger partial charge in [-0.1, -0.05) is 32.0 Å². The summed E-state index contributed by atoms with van der Waals surface area (Å²) in [5.74, 6) is 0.320. The summed E-state index contributed by atoms with van der Waals surface area (Å²) in [6, 6.07) is 9.74. The normalized spacial score (nSPS) is 10.7. The first-order chi connectivity index (χ1) is 8.58. The van der Waals surface area contributed by atoms with Crippen molar-refractivity contribution in [2.75, 3.05) is 5.32 Å². The Morgan fingerprint density at radius 1 is 1.33 bits per heavy atom. The molecule has 2 rings (SSSR count). The van der Waals surface area contributed by atoms with E-state index < -0.39 is 0 Å². The van der Waals surface area contributed by atoms with Gasteiger partial charge in [-0.15, -0.1) is 11.3 Å². The summed E-state index contributed by atoms with van der Waals surface area (Å²) in [7, 11) is 0. The SMILES string of the molecule is CC(C)c1ccccc1NC(=O)c1csc(Br)c1. The van der Waals surface area contributed by atoms with Crippen LogP contribution in [0.3, 0.4) is 0 Å². The van der Waals surface area contributed by atoms with E-state index in [1.165, 1.54) is 11.3 Å². The van der Waals surface area contributed by atoms with Crippen molar-refractivity contribution >= 4 is 38.9 Å². The monoisotopic (exact) mass is 323 g/mol. The number of carbonyl (C=O) groups excluding carboxylic acids is 1. The van der Waals surface area contributed by atoms with Crippen LogP contribution in [0.25, 0.3) is 0 Å². The van der Waals surface area contributed by atoms with Crippen molar-refractivity contribution in [1.82, 2.24) is 0 Å². The van der Waals surface area contributed by atoms with E-state index in [0.717, 1.165) is 15.0 Å². The van der Waals surface area contributed by atoms with E-state index in [9.17, 15) is 4.79 Å². The molecule has 94 valence electrons. The first-order valence-corrected chi connectivity index (χ1v) is 7.39. The molecule has 0 fully saturated rings. The Morgan fingerprint density at radius 3 is 2.67 bits per heavy atom. The maximum Gasteiger partial charge on any atom is 0.256 e. The highest BCUT2D eigenvalue weighted by atomic mass is 79.9. The molecule has 1 heterocycles. The lowest BCUT2D eigenvalue weighted by Gasteiger charge is -2.13. The molecule has 0 bridgehead atoms. The highest BCUT2D eigenvalue weighted by Gasteiger charge is 2.11. The van der Waals surface area contributed by atoms with Crippen LogP contribution in [-0.2, 0) is 0 Å². The molecule has 0 atom stereocenters. The second kappa shape index (κ2) is 5.67. The molecule has 0 saturated heterocycles. The minimum atomic E-state index is -0.0648. The van der Waals surface area contributed by atoms with Gasteiger partial charge in [-0.2, -0.15) is 0 Å². The molecule has 0 radical (unpaired) electrons. The van der Waals surface area contributed by atoms with E-state index in [-0.39, 0.29) is 5.91 Å². The third kappa shape index (κ3) is 3.00. The largest absolute Gasteiger partial charge is 0.322 e. The summed E-state index contributed by atoms with van der Waals surface area (Å²) in [5, 5.41) is 4.81. The van der Waals surface area contributed by atoms with Crippen molar-refractivity contribution in [3.63, 3.8) is 0 Å². The van der Waals surface area contributed by atoms with Crippen molar-refractivity contribution in [2.24, 2.45) is 0 Å². The Kier molecular flexibility index (Phi) is 4.19. The molecule has 0 aliphatic heterocycles. The molecular weight excluding hydrogens is 310 g/mol. The van der Waals surface area contributed by atoms with Gasteiger partial charge in [0.25, 0.3) is 5.91 Å². The zero-order chi connectivity index (χ0) is 13.1. The van der Waals surface area contributed by atoms with Gasteiger partial charge in [-0.25, -0.2) is 0 Å². The fourth-order valence-corrected chi connectivity index (χ4v) is 2.87. The molecule has 18 heavy (non-hydrogen) atoms. The molecule has 1 aromatic heterocycles. The van der Waals surface area contributed by atoms with E-state index in [1.54, 1.807) is 0 Å². The van der Waals surface area contributed by atoms with Crippen LogP contribution in [0.4, 0.5) is 5.69 Å². The quantitative estimate of drug-likeness (QED) is 0.856. The number of rotatable bonds is 3. The average Bonchev–Trinajstić information content (AvgIpc) is 2.76. The minimum Gasteiger partial charge on any atom is -0.322 e. The summed E-state index contributed by atoms with van der Waals surface area (Å²) in [6.45, 7) is 4.23. The van der Waals surface area contributed by atoms with Gasteiger partial charge in [0.2, 0.25) is 0 Å². The highest BCUT2D eigenvalue weighted by Crippen LogP contribution is 2.25. The zero-order valence-electron chi connectivity index (χ0n) is 10.2. The molecule has 1 aromatic carbocycles. The number of anilines is 1. The molecule has 0 unspecified atom stereocenters. The predicted molar refractivity (Wildman–Crippen MR) is 80.5 cm³/mol. The molecule has 2 nitrogen and oxygen atoms in total. The van der Waals surface area contributed by atoms with Gasteiger partial charge < -0.3 is 5.32 Å². The Labute approximate surface area is 119 Å². The lowest BCUT2D eigenvalue weighted by Crippen LogP contribution is -2.12.